The van der Waals surface area contributed by atoms with E-state index in [1.165, 1.54) is 25.8 Å². The molecule has 0 amide bonds. The fraction of sp³-hybridized carbons (Fsp3) is 1.00. The summed E-state index contributed by atoms with van der Waals surface area (Å²) in [4.78, 5) is 2.56. The molecule has 1 saturated heterocycles. The Labute approximate surface area is 101 Å². The van der Waals surface area contributed by atoms with E-state index in [9.17, 15) is 0 Å². The van der Waals surface area contributed by atoms with Crippen molar-refractivity contribution in [2.75, 3.05) is 33.4 Å². The Morgan fingerprint density at radius 3 is 2.75 bits per heavy atom. The van der Waals surface area contributed by atoms with Gasteiger partial charge in [-0.1, -0.05) is 6.92 Å². The first-order chi connectivity index (χ1) is 7.61. The molecule has 1 heterocycles. The molecule has 16 heavy (non-hydrogen) atoms. The van der Waals surface area contributed by atoms with Crippen LogP contribution in [0, 0.1) is 0 Å². The fourth-order valence-electron chi connectivity index (χ4n) is 2.46. The third kappa shape index (κ3) is 4.04. The van der Waals surface area contributed by atoms with Gasteiger partial charge in [0.15, 0.2) is 0 Å². The number of methoxy groups -OCH3 is 1. The predicted octanol–water partition coefficient (Wildman–Crippen LogP) is 1.88. The maximum atomic E-state index is 5.20. The first-order valence-corrected chi connectivity index (χ1v) is 6.59. The Morgan fingerprint density at radius 1 is 1.50 bits per heavy atom. The van der Waals surface area contributed by atoms with Gasteiger partial charge in [0.25, 0.3) is 0 Å². The highest BCUT2D eigenvalue weighted by atomic mass is 16.5. The van der Waals surface area contributed by atoms with E-state index in [4.69, 9.17) is 4.74 Å². The zero-order valence-corrected chi connectivity index (χ0v) is 11.4. The first kappa shape index (κ1) is 13.9. The Hall–Kier alpha value is -0.120. The summed E-state index contributed by atoms with van der Waals surface area (Å²) in [5.41, 5.74) is 0.317. The van der Waals surface area contributed by atoms with Crippen LogP contribution in [0.5, 0.6) is 0 Å². The molecule has 96 valence electrons. The Morgan fingerprint density at radius 2 is 2.25 bits per heavy atom. The van der Waals surface area contributed by atoms with Gasteiger partial charge < -0.3 is 10.1 Å². The average molecular weight is 228 g/mol. The molecule has 1 N–H and O–H groups in total. The van der Waals surface area contributed by atoms with Crippen molar-refractivity contribution in [2.45, 2.75) is 51.6 Å². The van der Waals surface area contributed by atoms with Crippen molar-refractivity contribution in [3.05, 3.63) is 0 Å². The SMILES string of the molecule is CCC(C)N(CCOC)CC1(C)CCCN1. The molecule has 0 aromatic carbocycles. The Kier molecular flexibility index (Phi) is 5.73. The van der Waals surface area contributed by atoms with Gasteiger partial charge in [0.1, 0.15) is 0 Å². The lowest BCUT2D eigenvalue weighted by molar-refractivity contribution is 0.101. The maximum Gasteiger partial charge on any atom is 0.0589 e. The molecule has 0 bridgehead atoms. The zero-order chi connectivity index (χ0) is 12.0. The van der Waals surface area contributed by atoms with Gasteiger partial charge in [-0.25, -0.2) is 0 Å². The minimum Gasteiger partial charge on any atom is -0.383 e. The summed E-state index contributed by atoms with van der Waals surface area (Å²) < 4.78 is 5.20. The molecule has 0 spiro atoms. The van der Waals surface area contributed by atoms with Gasteiger partial charge in [-0.2, -0.15) is 0 Å². The van der Waals surface area contributed by atoms with Gasteiger partial charge in [-0.3, -0.25) is 4.90 Å². The highest BCUT2D eigenvalue weighted by Crippen LogP contribution is 2.21. The highest BCUT2D eigenvalue weighted by Gasteiger charge is 2.31. The highest BCUT2D eigenvalue weighted by molar-refractivity contribution is 4.92. The van der Waals surface area contributed by atoms with E-state index in [2.05, 4.69) is 31.0 Å². The molecule has 0 aliphatic carbocycles. The molecule has 0 aromatic rings. The lowest BCUT2D eigenvalue weighted by Crippen LogP contribution is -2.50. The van der Waals surface area contributed by atoms with Crippen LogP contribution in [0.1, 0.15) is 40.0 Å². The molecule has 0 saturated carbocycles. The van der Waals surface area contributed by atoms with Crippen molar-refractivity contribution < 1.29 is 4.74 Å². The van der Waals surface area contributed by atoms with Crippen LogP contribution in [-0.2, 0) is 4.74 Å². The predicted molar refractivity (Wildman–Crippen MR) is 68.8 cm³/mol. The summed E-state index contributed by atoms with van der Waals surface area (Å²) in [7, 11) is 1.78. The summed E-state index contributed by atoms with van der Waals surface area (Å²) in [6, 6.07) is 0.648. The number of nitrogens with zero attached hydrogens (tertiary/aromatic N) is 1. The van der Waals surface area contributed by atoms with Crippen molar-refractivity contribution in [1.29, 1.82) is 0 Å². The second-order valence-electron chi connectivity index (χ2n) is 5.31. The minimum absolute atomic E-state index is 0.317. The molecule has 1 fully saturated rings. The normalized spacial score (nSPS) is 27.6. The molecule has 2 unspecified atom stereocenters. The lowest BCUT2D eigenvalue weighted by atomic mass is 9.98. The van der Waals surface area contributed by atoms with E-state index in [0.29, 0.717) is 11.6 Å². The van der Waals surface area contributed by atoms with E-state index in [0.717, 1.165) is 19.7 Å². The van der Waals surface area contributed by atoms with Crippen molar-refractivity contribution >= 4 is 0 Å². The van der Waals surface area contributed by atoms with Crippen LogP contribution in [0.15, 0.2) is 0 Å². The van der Waals surface area contributed by atoms with E-state index in [-0.39, 0.29) is 0 Å². The van der Waals surface area contributed by atoms with Crippen LogP contribution in [0.3, 0.4) is 0 Å². The van der Waals surface area contributed by atoms with Crippen LogP contribution in [0.2, 0.25) is 0 Å². The van der Waals surface area contributed by atoms with Crippen LogP contribution in [0.25, 0.3) is 0 Å². The fourth-order valence-corrected chi connectivity index (χ4v) is 2.46. The smallest absolute Gasteiger partial charge is 0.0589 e. The molecule has 0 radical (unpaired) electrons. The van der Waals surface area contributed by atoms with Gasteiger partial charge in [0.05, 0.1) is 6.61 Å². The first-order valence-electron chi connectivity index (χ1n) is 6.59. The van der Waals surface area contributed by atoms with Crippen molar-refractivity contribution in [1.82, 2.24) is 10.2 Å². The number of rotatable bonds is 7. The maximum absolute atomic E-state index is 5.20. The quantitative estimate of drug-likeness (QED) is 0.720. The third-order valence-corrected chi connectivity index (χ3v) is 3.81. The van der Waals surface area contributed by atoms with Crippen LogP contribution in [0.4, 0.5) is 0 Å². The third-order valence-electron chi connectivity index (χ3n) is 3.81. The number of hydrogen-bond acceptors (Lipinski definition) is 3. The summed E-state index contributed by atoms with van der Waals surface area (Å²) in [5.74, 6) is 0. The second kappa shape index (κ2) is 6.58. The molecule has 1 aliphatic rings. The topological polar surface area (TPSA) is 24.5 Å². The van der Waals surface area contributed by atoms with E-state index in [1.807, 2.05) is 0 Å². The molecule has 3 heteroatoms. The van der Waals surface area contributed by atoms with Crippen molar-refractivity contribution in [3.8, 4) is 0 Å². The molecular weight excluding hydrogens is 200 g/mol. The van der Waals surface area contributed by atoms with E-state index < -0.39 is 0 Å². The van der Waals surface area contributed by atoms with Gasteiger partial charge >= 0.3 is 0 Å². The molecule has 3 nitrogen and oxygen atoms in total. The van der Waals surface area contributed by atoms with E-state index >= 15 is 0 Å². The average Bonchev–Trinajstić information content (AvgIpc) is 2.70. The molecular formula is C13H28N2O. The minimum atomic E-state index is 0.317. The van der Waals surface area contributed by atoms with Gasteiger partial charge in [-0.05, 0) is 39.7 Å². The second-order valence-corrected chi connectivity index (χ2v) is 5.31. The monoisotopic (exact) mass is 228 g/mol. The number of hydrogen-bond donors (Lipinski definition) is 1. The van der Waals surface area contributed by atoms with Crippen LogP contribution < -0.4 is 5.32 Å². The zero-order valence-electron chi connectivity index (χ0n) is 11.4. The molecule has 1 aliphatic heterocycles. The van der Waals surface area contributed by atoms with Gasteiger partial charge in [0.2, 0.25) is 0 Å². The standard InChI is InChI=1S/C13H28N2O/c1-5-12(2)15(9-10-16-4)11-13(3)7-6-8-14-13/h12,14H,5-11H2,1-4H3. The molecule has 2 atom stereocenters. The molecule has 1 rings (SSSR count). The Bertz CT molecular complexity index is 190. The van der Waals surface area contributed by atoms with Crippen LogP contribution >= 0.6 is 0 Å². The van der Waals surface area contributed by atoms with Gasteiger partial charge in [-0.15, -0.1) is 0 Å². The van der Waals surface area contributed by atoms with E-state index in [1.54, 1.807) is 7.11 Å². The summed E-state index contributed by atoms with van der Waals surface area (Å²) in [6.07, 6.45) is 3.82. The van der Waals surface area contributed by atoms with Crippen molar-refractivity contribution in [3.63, 3.8) is 0 Å². The number of nitrogens with one attached hydrogen (secondary N) is 1. The summed E-state index contributed by atoms with van der Waals surface area (Å²) in [6.45, 7) is 11.1. The summed E-state index contributed by atoms with van der Waals surface area (Å²) in [5, 5.41) is 3.64. The van der Waals surface area contributed by atoms with Crippen LogP contribution in [-0.4, -0.2) is 49.8 Å². The summed E-state index contributed by atoms with van der Waals surface area (Å²) >= 11 is 0. The van der Waals surface area contributed by atoms with Crippen molar-refractivity contribution in [2.24, 2.45) is 0 Å². The largest absolute Gasteiger partial charge is 0.383 e. The lowest BCUT2D eigenvalue weighted by Gasteiger charge is -2.36. The number of ether oxygens (including phenoxy) is 1. The van der Waals surface area contributed by atoms with Gasteiger partial charge in [0, 0.05) is 31.8 Å². The molecule has 0 aromatic heterocycles. The Balaban J connectivity index is 2.47.